The molecule has 1 fully saturated rings. The molecule has 1 aliphatic heterocycles. The smallest absolute Gasteiger partial charge is 0.222 e. The average Bonchev–Trinajstić information content (AvgIpc) is 3.30. The van der Waals surface area contributed by atoms with Crippen molar-refractivity contribution in [1.82, 2.24) is 20.2 Å². The lowest BCUT2D eigenvalue weighted by Gasteiger charge is -2.22. The number of hydrogen-bond acceptors (Lipinski definition) is 5. The van der Waals surface area contributed by atoms with Crippen molar-refractivity contribution in [2.75, 3.05) is 32.1 Å². The molecule has 2 aromatic carbocycles. The van der Waals surface area contributed by atoms with E-state index in [1.165, 1.54) is 16.7 Å². The van der Waals surface area contributed by atoms with E-state index in [2.05, 4.69) is 74.9 Å². The number of halogens is 1. The Morgan fingerprint density at radius 3 is 2.65 bits per heavy atom. The number of ether oxygens (including phenoxy) is 1. The summed E-state index contributed by atoms with van der Waals surface area (Å²) in [5.74, 6) is 2.52. The Morgan fingerprint density at radius 1 is 1.09 bits per heavy atom. The lowest BCUT2D eigenvalue weighted by atomic mass is 10.1. The van der Waals surface area contributed by atoms with E-state index >= 15 is 0 Å². The SMILES string of the molecule is Br.COc1cc(C)cc(CCNC(=NCc2ccccc2)N2CCC(Nc3ncccn3)C2)c1. The highest BCUT2D eigenvalue weighted by molar-refractivity contribution is 8.93. The van der Waals surface area contributed by atoms with Crippen molar-refractivity contribution in [1.29, 1.82) is 0 Å². The van der Waals surface area contributed by atoms with Gasteiger partial charge in [0.1, 0.15) is 5.75 Å². The van der Waals surface area contributed by atoms with Crippen LogP contribution < -0.4 is 15.4 Å². The number of likely N-dealkylation sites (tertiary alicyclic amines) is 1. The van der Waals surface area contributed by atoms with Crippen LogP contribution in [0.5, 0.6) is 5.75 Å². The van der Waals surface area contributed by atoms with Crippen LogP contribution in [0.1, 0.15) is 23.1 Å². The first-order valence-electron chi connectivity index (χ1n) is 11.4. The molecule has 0 aliphatic carbocycles. The van der Waals surface area contributed by atoms with Crippen LogP contribution in [0.3, 0.4) is 0 Å². The second-order valence-electron chi connectivity index (χ2n) is 8.31. The number of guanidine groups is 1. The molecule has 0 spiro atoms. The van der Waals surface area contributed by atoms with E-state index in [4.69, 9.17) is 9.73 Å². The van der Waals surface area contributed by atoms with Gasteiger partial charge in [-0.25, -0.2) is 15.0 Å². The number of aromatic nitrogens is 2. The molecule has 1 aromatic heterocycles. The number of nitrogens with one attached hydrogen (secondary N) is 2. The molecule has 3 aromatic rings. The van der Waals surface area contributed by atoms with E-state index in [9.17, 15) is 0 Å². The highest BCUT2D eigenvalue weighted by Crippen LogP contribution is 2.17. The predicted octanol–water partition coefficient (Wildman–Crippen LogP) is 4.25. The highest BCUT2D eigenvalue weighted by Gasteiger charge is 2.25. The van der Waals surface area contributed by atoms with Gasteiger partial charge < -0.3 is 20.3 Å². The minimum absolute atomic E-state index is 0. The monoisotopic (exact) mass is 524 g/mol. The standard InChI is InChI=1S/C26H32N6O.BrH/c1-20-15-22(17-24(16-20)33-2)9-13-29-26(30-18-21-7-4-3-5-8-21)32-14-10-23(19-32)31-25-27-11-6-12-28-25;/h3-8,11-12,15-17,23H,9-10,13-14,18-19H2,1-2H3,(H,29,30)(H,27,28,31);1H. The number of aliphatic imine (C=N–C) groups is 1. The number of methoxy groups -OCH3 is 1. The molecule has 0 saturated carbocycles. The second-order valence-corrected chi connectivity index (χ2v) is 8.31. The minimum atomic E-state index is 0. The van der Waals surface area contributed by atoms with Crippen LogP contribution in [-0.4, -0.2) is 53.6 Å². The first-order chi connectivity index (χ1) is 16.2. The summed E-state index contributed by atoms with van der Waals surface area (Å²) in [6, 6.07) is 18.8. The van der Waals surface area contributed by atoms with Gasteiger partial charge in [-0.1, -0.05) is 36.4 Å². The van der Waals surface area contributed by atoms with Gasteiger partial charge in [0.05, 0.1) is 13.7 Å². The fraction of sp³-hybridized carbons (Fsp3) is 0.346. The fourth-order valence-corrected chi connectivity index (χ4v) is 4.05. The lowest BCUT2D eigenvalue weighted by Crippen LogP contribution is -2.42. The topological polar surface area (TPSA) is 74.7 Å². The molecule has 0 bridgehead atoms. The lowest BCUT2D eigenvalue weighted by molar-refractivity contribution is 0.414. The number of benzene rings is 2. The minimum Gasteiger partial charge on any atom is -0.497 e. The summed E-state index contributed by atoms with van der Waals surface area (Å²) in [5.41, 5.74) is 3.66. The third-order valence-electron chi connectivity index (χ3n) is 5.68. The van der Waals surface area contributed by atoms with Crippen molar-refractivity contribution in [3.05, 3.63) is 83.7 Å². The van der Waals surface area contributed by atoms with Gasteiger partial charge in [-0.05, 0) is 54.7 Å². The molecule has 1 atom stereocenters. The largest absolute Gasteiger partial charge is 0.497 e. The van der Waals surface area contributed by atoms with Crippen LogP contribution in [0.25, 0.3) is 0 Å². The first kappa shape index (κ1) is 25.5. The summed E-state index contributed by atoms with van der Waals surface area (Å²) in [6.45, 7) is 5.34. The molecule has 0 radical (unpaired) electrons. The Labute approximate surface area is 212 Å². The molecule has 8 heteroatoms. The number of nitrogens with zero attached hydrogens (tertiary/aromatic N) is 4. The van der Waals surface area contributed by atoms with E-state index in [-0.39, 0.29) is 23.0 Å². The van der Waals surface area contributed by atoms with Crippen LogP contribution in [0.2, 0.25) is 0 Å². The molecule has 1 saturated heterocycles. The van der Waals surface area contributed by atoms with Gasteiger partial charge in [-0.2, -0.15) is 0 Å². The average molecular weight is 525 g/mol. The normalized spacial score (nSPS) is 15.5. The molecule has 2 N–H and O–H groups in total. The number of rotatable bonds is 8. The third kappa shape index (κ3) is 7.45. The van der Waals surface area contributed by atoms with Crippen LogP contribution in [-0.2, 0) is 13.0 Å². The summed E-state index contributed by atoms with van der Waals surface area (Å²) in [7, 11) is 1.71. The molecule has 2 heterocycles. The zero-order chi connectivity index (χ0) is 22.9. The van der Waals surface area contributed by atoms with Crippen molar-refractivity contribution in [2.24, 2.45) is 4.99 Å². The summed E-state index contributed by atoms with van der Waals surface area (Å²) in [4.78, 5) is 15.9. The zero-order valence-corrected chi connectivity index (χ0v) is 21.5. The zero-order valence-electron chi connectivity index (χ0n) is 19.8. The maximum Gasteiger partial charge on any atom is 0.222 e. The van der Waals surface area contributed by atoms with Gasteiger partial charge in [-0.3, -0.25) is 0 Å². The molecular formula is C26H33BrN6O. The fourth-order valence-electron chi connectivity index (χ4n) is 4.05. The summed E-state index contributed by atoms with van der Waals surface area (Å²) in [6.07, 6.45) is 5.43. The van der Waals surface area contributed by atoms with Crippen molar-refractivity contribution in [3.8, 4) is 5.75 Å². The number of hydrogen-bond donors (Lipinski definition) is 2. The molecule has 1 aliphatic rings. The number of anilines is 1. The predicted molar refractivity (Wildman–Crippen MR) is 143 cm³/mol. The Balaban J connectivity index is 0.00000324. The van der Waals surface area contributed by atoms with Crippen molar-refractivity contribution < 1.29 is 4.74 Å². The van der Waals surface area contributed by atoms with Crippen molar-refractivity contribution >= 4 is 28.9 Å². The second kappa shape index (κ2) is 12.9. The van der Waals surface area contributed by atoms with E-state index in [1.54, 1.807) is 19.5 Å². The van der Waals surface area contributed by atoms with Crippen LogP contribution in [0.4, 0.5) is 5.95 Å². The van der Waals surface area contributed by atoms with Crippen LogP contribution >= 0.6 is 17.0 Å². The van der Waals surface area contributed by atoms with Crippen LogP contribution in [0.15, 0.2) is 72.0 Å². The maximum absolute atomic E-state index is 5.42. The van der Waals surface area contributed by atoms with Gasteiger partial charge in [0.25, 0.3) is 0 Å². The Morgan fingerprint density at radius 2 is 1.88 bits per heavy atom. The van der Waals surface area contributed by atoms with E-state index < -0.39 is 0 Å². The van der Waals surface area contributed by atoms with Crippen molar-refractivity contribution in [2.45, 2.75) is 32.4 Å². The first-order valence-corrected chi connectivity index (χ1v) is 11.4. The quantitative estimate of drug-likeness (QED) is 0.339. The van der Waals surface area contributed by atoms with Crippen molar-refractivity contribution in [3.63, 3.8) is 0 Å². The molecule has 7 nitrogen and oxygen atoms in total. The molecule has 4 rings (SSSR count). The Bertz CT molecular complexity index is 1050. The Kier molecular flexibility index (Phi) is 9.70. The molecule has 1 unspecified atom stereocenters. The van der Waals surface area contributed by atoms with E-state index in [1.807, 2.05) is 12.1 Å². The summed E-state index contributed by atoms with van der Waals surface area (Å²) in [5, 5.41) is 7.04. The van der Waals surface area contributed by atoms with E-state index in [0.29, 0.717) is 12.5 Å². The third-order valence-corrected chi connectivity index (χ3v) is 5.68. The van der Waals surface area contributed by atoms with Gasteiger partial charge in [0.2, 0.25) is 5.95 Å². The molecule has 180 valence electrons. The van der Waals surface area contributed by atoms with Gasteiger partial charge in [0.15, 0.2) is 5.96 Å². The Hall–Kier alpha value is -3.13. The van der Waals surface area contributed by atoms with Gasteiger partial charge >= 0.3 is 0 Å². The number of aryl methyl sites for hydroxylation is 1. The van der Waals surface area contributed by atoms with Gasteiger partial charge in [-0.15, -0.1) is 17.0 Å². The highest BCUT2D eigenvalue weighted by atomic mass is 79.9. The van der Waals surface area contributed by atoms with E-state index in [0.717, 1.165) is 44.2 Å². The summed E-state index contributed by atoms with van der Waals surface area (Å²) >= 11 is 0. The molecular weight excluding hydrogens is 492 g/mol. The maximum atomic E-state index is 5.42. The van der Waals surface area contributed by atoms with Crippen LogP contribution in [0, 0.1) is 6.92 Å². The molecule has 0 amide bonds. The molecule has 34 heavy (non-hydrogen) atoms. The van der Waals surface area contributed by atoms with Gasteiger partial charge in [0, 0.05) is 38.1 Å². The summed E-state index contributed by atoms with van der Waals surface area (Å²) < 4.78 is 5.42.